The van der Waals surface area contributed by atoms with Gasteiger partial charge in [0.05, 0.1) is 27.4 Å². The molecule has 144 valence electrons. The van der Waals surface area contributed by atoms with Crippen molar-refractivity contribution in [3.8, 4) is 6.07 Å². The number of H-pyrrole nitrogens is 1. The van der Waals surface area contributed by atoms with E-state index < -0.39 is 0 Å². The summed E-state index contributed by atoms with van der Waals surface area (Å²) in [6.45, 7) is 1.98. The number of fused-ring (bicyclic) bond motifs is 2. The van der Waals surface area contributed by atoms with E-state index in [4.69, 9.17) is 11.6 Å². The van der Waals surface area contributed by atoms with Gasteiger partial charge < -0.3 is 14.9 Å². The molecule has 0 aliphatic heterocycles. The number of hydrogen-bond donors (Lipinski definition) is 2. The van der Waals surface area contributed by atoms with Gasteiger partial charge in [-0.2, -0.15) is 5.26 Å². The van der Waals surface area contributed by atoms with Crippen molar-refractivity contribution in [3.63, 3.8) is 0 Å². The number of nitriles is 1. The van der Waals surface area contributed by atoms with Gasteiger partial charge in [0.15, 0.2) is 0 Å². The molecule has 5 rings (SSSR count). The van der Waals surface area contributed by atoms with E-state index in [-0.39, 0.29) is 17.6 Å². The van der Waals surface area contributed by atoms with E-state index >= 15 is 0 Å². The highest BCUT2D eigenvalue weighted by Gasteiger charge is 2.29. The molecule has 0 unspecified atom stereocenters. The number of halogens is 1. The van der Waals surface area contributed by atoms with Gasteiger partial charge in [0, 0.05) is 17.9 Å². The predicted octanol–water partition coefficient (Wildman–Crippen LogP) is 4.31. The number of hydrogen-bond acceptors (Lipinski definition) is 5. The highest BCUT2D eigenvalue weighted by Crippen LogP contribution is 2.38. The third-order valence-corrected chi connectivity index (χ3v) is 5.67. The molecule has 0 amide bonds. The van der Waals surface area contributed by atoms with Crippen LogP contribution in [0.4, 0.5) is 5.82 Å². The second-order valence-corrected chi connectivity index (χ2v) is 7.71. The first-order valence-electron chi connectivity index (χ1n) is 9.41. The third kappa shape index (κ3) is 2.84. The van der Waals surface area contributed by atoms with E-state index in [1.165, 1.54) is 6.33 Å². The Morgan fingerprint density at radius 2 is 2.17 bits per heavy atom. The van der Waals surface area contributed by atoms with Crippen LogP contribution in [0.5, 0.6) is 0 Å². The topological polar surface area (TPSA) is 99.4 Å². The van der Waals surface area contributed by atoms with Crippen LogP contribution < -0.4 is 10.9 Å². The molecule has 8 heteroatoms. The number of rotatable bonds is 4. The molecular weight excluding hydrogens is 388 g/mol. The Bertz CT molecular complexity index is 1360. The van der Waals surface area contributed by atoms with Crippen LogP contribution in [-0.2, 0) is 0 Å². The Labute approximate surface area is 171 Å². The first kappa shape index (κ1) is 17.7. The lowest BCUT2D eigenvalue weighted by Gasteiger charge is -2.21. The van der Waals surface area contributed by atoms with Crippen LogP contribution in [0.2, 0.25) is 5.02 Å². The average molecular weight is 405 g/mol. The van der Waals surface area contributed by atoms with Crippen molar-refractivity contribution in [3.05, 3.63) is 63.4 Å². The fraction of sp³-hybridized carbons (Fsp3) is 0.238. The van der Waals surface area contributed by atoms with Crippen molar-refractivity contribution in [1.29, 1.82) is 5.26 Å². The Hall–Kier alpha value is -3.37. The lowest BCUT2D eigenvalue weighted by Crippen LogP contribution is -2.26. The van der Waals surface area contributed by atoms with Crippen LogP contribution in [0.3, 0.4) is 0 Å². The SMILES string of the molecule is C[C@H](Nc1ncnc2[nH]cc(C#N)c12)c1cc2cccc(Cl)c2c(=O)n1C1CC1. The van der Waals surface area contributed by atoms with Crippen LogP contribution in [0.15, 0.2) is 41.6 Å². The maximum absolute atomic E-state index is 13.3. The fourth-order valence-corrected chi connectivity index (χ4v) is 4.10. The summed E-state index contributed by atoms with van der Waals surface area (Å²) >= 11 is 6.33. The molecule has 1 saturated carbocycles. The molecule has 0 saturated heterocycles. The largest absolute Gasteiger partial charge is 0.361 e. The minimum absolute atomic E-state index is 0.0635. The fourth-order valence-electron chi connectivity index (χ4n) is 3.84. The molecule has 0 radical (unpaired) electrons. The summed E-state index contributed by atoms with van der Waals surface area (Å²) < 4.78 is 1.85. The Balaban J connectivity index is 1.65. The lowest BCUT2D eigenvalue weighted by atomic mass is 10.1. The molecule has 1 fully saturated rings. The highest BCUT2D eigenvalue weighted by molar-refractivity contribution is 6.35. The van der Waals surface area contributed by atoms with Crippen LogP contribution >= 0.6 is 11.6 Å². The molecule has 29 heavy (non-hydrogen) atoms. The maximum Gasteiger partial charge on any atom is 0.260 e. The number of benzene rings is 1. The zero-order chi connectivity index (χ0) is 20.1. The summed E-state index contributed by atoms with van der Waals surface area (Å²) in [5.74, 6) is 0.557. The van der Waals surface area contributed by atoms with Crippen molar-refractivity contribution >= 4 is 39.2 Å². The summed E-state index contributed by atoms with van der Waals surface area (Å²) in [7, 11) is 0. The third-order valence-electron chi connectivity index (χ3n) is 5.36. The molecule has 0 spiro atoms. The first-order valence-corrected chi connectivity index (χ1v) is 9.78. The van der Waals surface area contributed by atoms with Crippen molar-refractivity contribution in [2.75, 3.05) is 5.32 Å². The highest BCUT2D eigenvalue weighted by atomic mass is 35.5. The van der Waals surface area contributed by atoms with Crippen LogP contribution in [-0.4, -0.2) is 19.5 Å². The molecule has 1 atom stereocenters. The quantitative estimate of drug-likeness (QED) is 0.528. The van der Waals surface area contributed by atoms with Crippen molar-refractivity contribution < 1.29 is 0 Å². The van der Waals surface area contributed by atoms with Gasteiger partial charge in [-0.1, -0.05) is 23.7 Å². The molecule has 1 aliphatic rings. The average Bonchev–Trinajstić information content (AvgIpc) is 3.45. The van der Waals surface area contributed by atoms with E-state index in [9.17, 15) is 10.1 Å². The second-order valence-electron chi connectivity index (χ2n) is 7.31. The van der Waals surface area contributed by atoms with Gasteiger partial charge in [0.2, 0.25) is 0 Å². The maximum atomic E-state index is 13.3. The first-order chi connectivity index (χ1) is 14.1. The molecule has 2 N–H and O–H groups in total. The zero-order valence-corrected chi connectivity index (χ0v) is 16.4. The van der Waals surface area contributed by atoms with E-state index in [2.05, 4.69) is 26.3 Å². The van der Waals surface area contributed by atoms with Gasteiger partial charge in [-0.15, -0.1) is 0 Å². The summed E-state index contributed by atoms with van der Waals surface area (Å²) in [4.78, 5) is 24.8. The van der Waals surface area contributed by atoms with E-state index in [0.29, 0.717) is 32.8 Å². The second kappa shape index (κ2) is 6.61. The monoisotopic (exact) mass is 404 g/mol. The number of nitrogens with zero attached hydrogens (tertiary/aromatic N) is 4. The minimum Gasteiger partial charge on any atom is -0.361 e. The number of aromatic nitrogens is 4. The van der Waals surface area contributed by atoms with E-state index in [0.717, 1.165) is 23.9 Å². The molecule has 1 aromatic carbocycles. The molecule has 3 heterocycles. The number of pyridine rings is 1. The van der Waals surface area contributed by atoms with Crippen molar-refractivity contribution in [2.45, 2.75) is 31.8 Å². The van der Waals surface area contributed by atoms with Gasteiger partial charge in [0.25, 0.3) is 5.56 Å². The van der Waals surface area contributed by atoms with Gasteiger partial charge >= 0.3 is 0 Å². The lowest BCUT2D eigenvalue weighted by molar-refractivity contribution is 0.636. The molecular formula is C21H17ClN6O. The summed E-state index contributed by atoms with van der Waals surface area (Å²) in [6, 6.07) is 9.64. The summed E-state index contributed by atoms with van der Waals surface area (Å²) in [6.07, 6.45) is 5.02. The van der Waals surface area contributed by atoms with Crippen molar-refractivity contribution in [1.82, 2.24) is 19.5 Å². The van der Waals surface area contributed by atoms with E-state index in [1.807, 2.05) is 29.7 Å². The normalized spacial score (nSPS) is 14.8. The van der Waals surface area contributed by atoms with Crippen LogP contribution in [0, 0.1) is 11.3 Å². The van der Waals surface area contributed by atoms with Gasteiger partial charge in [-0.3, -0.25) is 4.79 Å². The van der Waals surface area contributed by atoms with Gasteiger partial charge in [-0.05, 0) is 37.3 Å². The molecule has 7 nitrogen and oxygen atoms in total. The number of aromatic amines is 1. The van der Waals surface area contributed by atoms with Crippen LogP contribution in [0.25, 0.3) is 21.8 Å². The minimum atomic E-state index is -0.216. The Morgan fingerprint density at radius 3 is 2.93 bits per heavy atom. The standard InChI is InChI=1S/C21H17ClN6O/c1-11(27-20-18-13(8-23)9-24-19(18)25-10-26-20)16-7-12-3-2-4-15(22)17(12)21(29)28(16)14-5-6-14/h2-4,7,9-11,14H,5-6H2,1H3,(H2,24,25,26,27)/t11-/m0/s1. The smallest absolute Gasteiger partial charge is 0.260 e. The predicted molar refractivity (Wildman–Crippen MR) is 112 cm³/mol. The van der Waals surface area contributed by atoms with Crippen LogP contribution in [0.1, 0.15) is 43.1 Å². The Kier molecular flexibility index (Phi) is 4.03. The molecule has 1 aliphatic carbocycles. The zero-order valence-electron chi connectivity index (χ0n) is 15.6. The Morgan fingerprint density at radius 1 is 1.34 bits per heavy atom. The van der Waals surface area contributed by atoms with Gasteiger partial charge in [0.1, 0.15) is 23.9 Å². The van der Waals surface area contributed by atoms with Crippen molar-refractivity contribution in [2.24, 2.45) is 0 Å². The molecule has 0 bridgehead atoms. The summed E-state index contributed by atoms with van der Waals surface area (Å²) in [5.41, 5.74) is 1.87. The summed E-state index contributed by atoms with van der Waals surface area (Å²) in [5, 5.41) is 15.3. The molecule has 3 aromatic heterocycles. The number of nitrogens with one attached hydrogen (secondary N) is 2. The number of anilines is 1. The molecule has 4 aromatic rings. The van der Waals surface area contributed by atoms with Gasteiger partial charge in [-0.25, -0.2) is 9.97 Å². The van der Waals surface area contributed by atoms with E-state index in [1.54, 1.807) is 12.3 Å².